The van der Waals surface area contributed by atoms with Crippen LogP contribution in [-0.4, -0.2) is 47.1 Å². The van der Waals surface area contributed by atoms with Crippen molar-refractivity contribution >= 4 is 22.9 Å². The highest BCUT2D eigenvalue weighted by Crippen LogP contribution is 2.21. The Hall–Kier alpha value is -2.57. The van der Waals surface area contributed by atoms with E-state index in [1.807, 2.05) is 27.0 Å². The van der Waals surface area contributed by atoms with E-state index >= 15 is 0 Å². The number of aromatic amines is 1. The van der Waals surface area contributed by atoms with E-state index in [1.54, 1.807) is 11.0 Å². The number of carbonyl (C=O) groups is 2. The van der Waals surface area contributed by atoms with Gasteiger partial charge in [-0.3, -0.25) is 4.79 Å². The van der Waals surface area contributed by atoms with Crippen molar-refractivity contribution in [1.82, 2.24) is 15.2 Å². The molecule has 6 nitrogen and oxygen atoms in total. The van der Waals surface area contributed by atoms with Gasteiger partial charge in [0.25, 0.3) is 0 Å². The Morgan fingerprint density at radius 1 is 1.37 bits per heavy atom. The molecule has 0 radical (unpaired) electrons. The molecule has 3 rings (SSSR count). The van der Waals surface area contributed by atoms with E-state index in [1.165, 1.54) is 12.1 Å². The Kier molecular flexibility index (Phi) is 5.39. The average molecular weight is 375 g/mol. The Morgan fingerprint density at radius 3 is 2.89 bits per heavy atom. The molecule has 0 bridgehead atoms. The highest BCUT2D eigenvalue weighted by Gasteiger charge is 2.33. The monoisotopic (exact) mass is 375 g/mol. The highest BCUT2D eigenvalue weighted by molar-refractivity contribution is 5.83. The zero-order chi connectivity index (χ0) is 19.6. The van der Waals surface area contributed by atoms with Gasteiger partial charge in [-0.1, -0.05) is 0 Å². The fourth-order valence-electron chi connectivity index (χ4n) is 3.30. The second-order valence-corrected chi connectivity index (χ2v) is 7.96. The molecule has 0 unspecified atom stereocenters. The molecule has 1 aliphatic rings. The van der Waals surface area contributed by atoms with Gasteiger partial charge >= 0.3 is 6.09 Å². The maximum Gasteiger partial charge on any atom is 0.410 e. The molecule has 2 aromatic rings. The number of likely N-dealkylation sites (tertiary alicyclic amines) is 1. The van der Waals surface area contributed by atoms with Crippen molar-refractivity contribution in [2.24, 2.45) is 5.92 Å². The standard InChI is InChI=1S/C20H26FN3O3/c1-20(2,3)27-19(26)24-9-7-14(12-24)18(25)22-8-6-13-11-23-17-10-15(21)4-5-16(13)17/h4-5,10-11,14,23H,6-9,12H2,1-3H3,(H,22,25)/t14-/m1/s1. The lowest BCUT2D eigenvalue weighted by Gasteiger charge is -2.24. The van der Waals surface area contributed by atoms with Crippen LogP contribution in [0.15, 0.2) is 24.4 Å². The van der Waals surface area contributed by atoms with Gasteiger partial charge in [-0.15, -0.1) is 0 Å². The normalized spacial score (nSPS) is 17.3. The molecule has 2 heterocycles. The lowest BCUT2D eigenvalue weighted by Crippen LogP contribution is -2.38. The van der Waals surface area contributed by atoms with Crippen molar-refractivity contribution in [2.75, 3.05) is 19.6 Å². The molecule has 146 valence electrons. The fraction of sp³-hybridized carbons (Fsp3) is 0.500. The number of fused-ring (bicyclic) bond motifs is 1. The highest BCUT2D eigenvalue weighted by atomic mass is 19.1. The van der Waals surface area contributed by atoms with Crippen LogP contribution in [0.25, 0.3) is 10.9 Å². The van der Waals surface area contributed by atoms with Gasteiger partial charge < -0.3 is 19.9 Å². The van der Waals surface area contributed by atoms with Gasteiger partial charge in [-0.05, 0) is 57.4 Å². The number of nitrogens with zero attached hydrogens (tertiary/aromatic N) is 1. The summed E-state index contributed by atoms with van der Waals surface area (Å²) in [6.45, 7) is 6.87. The average Bonchev–Trinajstić information content (AvgIpc) is 3.20. The van der Waals surface area contributed by atoms with Crippen molar-refractivity contribution in [3.8, 4) is 0 Å². The van der Waals surface area contributed by atoms with Crippen LogP contribution < -0.4 is 5.32 Å². The van der Waals surface area contributed by atoms with Crippen molar-refractivity contribution < 1.29 is 18.7 Å². The van der Waals surface area contributed by atoms with E-state index in [2.05, 4.69) is 10.3 Å². The quantitative estimate of drug-likeness (QED) is 0.862. The number of hydrogen-bond donors (Lipinski definition) is 2. The maximum absolute atomic E-state index is 13.2. The Labute approximate surface area is 158 Å². The zero-order valence-corrected chi connectivity index (χ0v) is 16.0. The van der Waals surface area contributed by atoms with Gasteiger partial charge in [0.05, 0.1) is 5.92 Å². The molecule has 1 aromatic heterocycles. The van der Waals surface area contributed by atoms with Gasteiger partial charge in [-0.25, -0.2) is 9.18 Å². The van der Waals surface area contributed by atoms with E-state index in [-0.39, 0.29) is 23.7 Å². The first kappa shape index (κ1) is 19.2. The first-order valence-electron chi connectivity index (χ1n) is 9.24. The summed E-state index contributed by atoms with van der Waals surface area (Å²) in [7, 11) is 0. The minimum Gasteiger partial charge on any atom is -0.444 e. The Morgan fingerprint density at radius 2 is 2.15 bits per heavy atom. The second kappa shape index (κ2) is 7.58. The number of hydrogen-bond acceptors (Lipinski definition) is 3. The predicted octanol–water partition coefficient (Wildman–Crippen LogP) is 3.22. The molecule has 1 saturated heterocycles. The second-order valence-electron chi connectivity index (χ2n) is 7.96. The molecule has 2 N–H and O–H groups in total. The summed E-state index contributed by atoms with van der Waals surface area (Å²) in [5.74, 6) is -0.540. The molecular formula is C20H26FN3O3. The van der Waals surface area contributed by atoms with Crippen molar-refractivity contribution in [2.45, 2.75) is 39.2 Å². The number of rotatable bonds is 4. The third-order valence-electron chi connectivity index (χ3n) is 4.63. The van der Waals surface area contributed by atoms with E-state index in [9.17, 15) is 14.0 Å². The Balaban J connectivity index is 1.48. The molecule has 0 spiro atoms. The molecule has 0 aliphatic carbocycles. The summed E-state index contributed by atoms with van der Waals surface area (Å²) >= 11 is 0. The molecule has 0 saturated carbocycles. The van der Waals surface area contributed by atoms with Crippen LogP contribution in [0.3, 0.4) is 0 Å². The maximum atomic E-state index is 13.2. The van der Waals surface area contributed by atoms with Gasteiger partial charge in [0.1, 0.15) is 11.4 Å². The molecule has 1 atom stereocenters. The van der Waals surface area contributed by atoms with E-state index in [0.717, 1.165) is 16.5 Å². The number of carbonyl (C=O) groups excluding carboxylic acids is 2. The minimum atomic E-state index is -0.542. The van der Waals surface area contributed by atoms with Gasteiger partial charge in [0.15, 0.2) is 0 Å². The van der Waals surface area contributed by atoms with Crippen molar-refractivity contribution in [1.29, 1.82) is 0 Å². The molecule has 1 fully saturated rings. The fourth-order valence-corrected chi connectivity index (χ4v) is 3.30. The number of halogens is 1. The third kappa shape index (κ3) is 4.78. The van der Waals surface area contributed by atoms with Crippen LogP contribution in [0.2, 0.25) is 0 Å². The minimum absolute atomic E-state index is 0.0491. The summed E-state index contributed by atoms with van der Waals surface area (Å²) in [6, 6.07) is 4.64. The molecule has 2 amide bonds. The number of nitrogens with one attached hydrogen (secondary N) is 2. The smallest absolute Gasteiger partial charge is 0.410 e. The van der Waals surface area contributed by atoms with Crippen LogP contribution in [0.5, 0.6) is 0 Å². The molecular weight excluding hydrogens is 349 g/mol. The van der Waals surface area contributed by atoms with Crippen LogP contribution in [0.1, 0.15) is 32.8 Å². The zero-order valence-electron chi connectivity index (χ0n) is 16.0. The number of benzene rings is 1. The van der Waals surface area contributed by atoms with Crippen LogP contribution in [0.4, 0.5) is 9.18 Å². The lowest BCUT2D eigenvalue weighted by molar-refractivity contribution is -0.124. The molecule has 1 aromatic carbocycles. The molecule has 27 heavy (non-hydrogen) atoms. The van der Waals surface area contributed by atoms with Crippen molar-refractivity contribution in [3.63, 3.8) is 0 Å². The largest absolute Gasteiger partial charge is 0.444 e. The van der Waals surface area contributed by atoms with Gasteiger partial charge in [-0.2, -0.15) is 0 Å². The van der Waals surface area contributed by atoms with Gasteiger partial charge in [0, 0.05) is 36.7 Å². The van der Waals surface area contributed by atoms with E-state index < -0.39 is 5.60 Å². The summed E-state index contributed by atoms with van der Waals surface area (Å²) in [5.41, 5.74) is 1.24. The molecule has 7 heteroatoms. The topological polar surface area (TPSA) is 74.4 Å². The van der Waals surface area contributed by atoms with Crippen LogP contribution in [0, 0.1) is 11.7 Å². The summed E-state index contributed by atoms with van der Waals surface area (Å²) in [4.78, 5) is 29.1. The summed E-state index contributed by atoms with van der Waals surface area (Å²) in [6.07, 6.45) is 2.76. The third-order valence-corrected chi connectivity index (χ3v) is 4.63. The first-order valence-corrected chi connectivity index (χ1v) is 9.24. The van der Waals surface area contributed by atoms with Crippen molar-refractivity contribution in [3.05, 3.63) is 35.8 Å². The SMILES string of the molecule is CC(C)(C)OC(=O)N1CC[C@@H](C(=O)NCCc2c[nH]c3cc(F)ccc23)C1. The summed E-state index contributed by atoms with van der Waals surface area (Å²) in [5, 5.41) is 3.90. The van der Waals surface area contributed by atoms with Crippen LogP contribution in [-0.2, 0) is 16.0 Å². The molecule has 1 aliphatic heterocycles. The Bertz CT molecular complexity index is 841. The number of ether oxygens (including phenoxy) is 1. The number of aromatic nitrogens is 1. The number of H-pyrrole nitrogens is 1. The number of amides is 2. The lowest BCUT2D eigenvalue weighted by atomic mass is 10.1. The van der Waals surface area contributed by atoms with Gasteiger partial charge in [0.2, 0.25) is 5.91 Å². The predicted molar refractivity (Wildman–Crippen MR) is 101 cm³/mol. The van der Waals surface area contributed by atoms with Crippen LogP contribution >= 0.6 is 0 Å². The summed E-state index contributed by atoms with van der Waals surface area (Å²) < 4.78 is 18.6. The first-order chi connectivity index (χ1) is 12.7. The van der Waals surface area contributed by atoms with E-state index in [0.29, 0.717) is 32.5 Å². The van der Waals surface area contributed by atoms with E-state index in [4.69, 9.17) is 4.74 Å².